The van der Waals surface area contributed by atoms with Crippen LogP contribution in [0.2, 0.25) is 5.02 Å². The van der Waals surface area contributed by atoms with E-state index in [2.05, 4.69) is 15.3 Å². The monoisotopic (exact) mass is 464 g/mol. The molecule has 0 unspecified atom stereocenters. The summed E-state index contributed by atoms with van der Waals surface area (Å²) in [7, 11) is 0. The van der Waals surface area contributed by atoms with E-state index >= 15 is 0 Å². The summed E-state index contributed by atoms with van der Waals surface area (Å²) in [5, 5.41) is 33.0. The minimum Gasteiger partial charge on any atom is -0.288 e. The van der Waals surface area contributed by atoms with Gasteiger partial charge in [-0.1, -0.05) is 29.8 Å². The van der Waals surface area contributed by atoms with Gasteiger partial charge in [-0.05, 0) is 36.4 Å². The molecule has 1 heterocycles. The molecule has 11 nitrogen and oxygen atoms in total. The number of benzene rings is 3. The topological polar surface area (TPSA) is 149 Å². The Morgan fingerprint density at radius 1 is 0.879 bits per heavy atom. The normalized spacial score (nSPS) is 11.1. The average Bonchev–Trinajstić information content (AvgIpc) is 3.15. The molecule has 3 aromatic carbocycles. The lowest BCUT2D eigenvalue weighted by Crippen LogP contribution is -2.13. The predicted molar refractivity (Wildman–Crippen MR) is 121 cm³/mol. The fraction of sp³-hybridized carbons (Fsp3) is 0. The molecule has 0 spiro atoms. The zero-order valence-corrected chi connectivity index (χ0v) is 17.3. The highest BCUT2D eigenvalue weighted by atomic mass is 35.5. The highest BCUT2D eigenvalue weighted by Gasteiger charge is 2.18. The molecule has 0 aliphatic rings. The van der Waals surface area contributed by atoms with Crippen LogP contribution >= 0.6 is 11.6 Å². The Morgan fingerprint density at radius 2 is 1.58 bits per heavy atom. The van der Waals surface area contributed by atoms with E-state index in [0.717, 1.165) is 6.07 Å². The number of para-hydroxylation sites is 1. The first-order chi connectivity index (χ1) is 15.8. The summed E-state index contributed by atoms with van der Waals surface area (Å²) in [5.41, 5.74) is 0.322. The number of nitro groups is 2. The maximum Gasteiger partial charge on any atom is 0.299 e. The van der Waals surface area contributed by atoms with Crippen molar-refractivity contribution in [2.45, 2.75) is 0 Å². The maximum atomic E-state index is 13.1. The van der Waals surface area contributed by atoms with Gasteiger partial charge in [0.1, 0.15) is 5.02 Å². The van der Waals surface area contributed by atoms with Gasteiger partial charge in [0, 0.05) is 23.8 Å². The second-order valence-corrected chi connectivity index (χ2v) is 7.12. The van der Waals surface area contributed by atoms with Crippen molar-refractivity contribution in [3.8, 4) is 16.9 Å². The molecule has 1 aromatic heterocycles. The minimum absolute atomic E-state index is 0.0569. The van der Waals surface area contributed by atoms with Crippen LogP contribution in [0.3, 0.4) is 0 Å². The maximum absolute atomic E-state index is 13.1. The number of halogens is 1. The summed E-state index contributed by atoms with van der Waals surface area (Å²) in [6, 6.07) is 18.1. The number of non-ortho nitro benzene ring substituents is 1. The van der Waals surface area contributed by atoms with Crippen molar-refractivity contribution in [1.82, 2.24) is 9.78 Å². The summed E-state index contributed by atoms with van der Waals surface area (Å²) >= 11 is 5.82. The van der Waals surface area contributed by atoms with E-state index in [-0.39, 0.29) is 33.5 Å². The predicted octanol–water partition coefficient (Wildman–Crippen LogP) is 5.72. The molecule has 0 saturated heterocycles. The van der Waals surface area contributed by atoms with Crippen molar-refractivity contribution in [3.63, 3.8) is 0 Å². The van der Waals surface area contributed by atoms with Gasteiger partial charge in [-0.2, -0.15) is 5.11 Å². The Hall–Kier alpha value is -4.64. The fourth-order valence-corrected chi connectivity index (χ4v) is 3.23. The van der Waals surface area contributed by atoms with Crippen LogP contribution in [0, 0.1) is 20.2 Å². The third-order valence-electron chi connectivity index (χ3n) is 4.64. The Morgan fingerprint density at radius 3 is 2.21 bits per heavy atom. The van der Waals surface area contributed by atoms with Gasteiger partial charge in [0.2, 0.25) is 0 Å². The summed E-state index contributed by atoms with van der Waals surface area (Å²) < 4.78 is 1.26. The molecule has 12 heteroatoms. The van der Waals surface area contributed by atoms with Gasteiger partial charge >= 0.3 is 0 Å². The average molecular weight is 465 g/mol. The number of nitro benzene ring substituents is 2. The summed E-state index contributed by atoms with van der Waals surface area (Å²) in [6.07, 6.45) is 0. The molecule has 0 amide bonds. The SMILES string of the molecule is O=c1c(N=Nc2ccc(Cl)c([N+](=O)[O-])c2)c(-c2ccc([N+](=O)[O-])cc2)[nH]n1-c1ccccc1. The van der Waals surface area contributed by atoms with Crippen molar-refractivity contribution in [1.29, 1.82) is 0 Å². The lowest BCUT2D eigenvalue weighted by molar-refractivity contribution is -0.384. The lowest BCUT2D eigenvalue weighted by Gasteiger charge is -2.01. The van der Waals surface area contributed by atoms with E-state index in [1.54, 1.807) is 30.3 Å². The van der Waals surface area contributed by atoms with Crippen molar-refractivity contribution < 1.29 is 9.85 Å². The quantitative estimate of drug-likeness (QED) is 0.220. The van der Waals surface area contributed by atoms with Gasteiger partial charge in [-0.25, -0.2) is 4.68 Å². The molecular weight excluding hydrogens is 452 g/mol. The molecule has 0 atom stereocenters. The summed E-state index contributed by atoms with van der Waals surface area (Å²) in [5.74, 6) is 0. The lowest BCUT2D eigenvalue weighted by atomic mass is 10.1. The smallest absolute Gasteiger partial charge is 0.288 e. The number of azo groups is 1. The number of nitrogens with one attached hydrogen (secondary N) is 1. The van der Waals surface area contributed by atoms with E-state index in [0.29, 0.717) is 11.3 Å². The molecule has 164 valence electrons. The van der Waals surface area contributed by atoms with Crippen LogP contribution in [0.15, 0.2) is 87.8 Å². The first kappa shape index (κ1) is 21.6. The number of hydrogen-bond acceptors (Lipinski definition) is 7. The van der Waals surface area contributed by atoms with Gasteiger partial charge < -0.3 is 0 Å². The molecule has 0 saturated carbocycles. The molecule has 0 aliphatic heterocycles. The Bertz CT molecular complexity index is 1440. The second kappa shape index (κ2) is 8.85. The molecule has 0 bridgehead atoms. The molecular formula is C21H13ClN6O5. The van der Waals surface area contributed by atoms with Crippen LogP contribution in [0.4, 0.5) is 22.7 Å². The molecule has 33 heavy (non-hydrogen) atoms. The van der Waals surface area contributed by atoms with E-state index < -0.39 is 15.4 Å². The fourth-order valence-electron chi connectivity index (χ4n) is 3.04. The zero-order chi connectivity index (χ0) is 23.5. The van der Waals surface area contributed by atoms with Gasteiger partial charge in [0.15, 0.2) is 5.69 Å². The molecule has 0 radical (unpaired) electrons. The number of H-pyrrole nitrogens is 1. The molecule has 1 N–H and O–H groups in total. The van der Waals surface area contributed by atoms with Crippen LogP contribution < -0.4 is 5.56 Å². The van der Waals surface area contributed by atoms with Crippen molar-refractivity contribution in [3.05, 3.63) is 108 Å². The Kier molecular flexibility index (Phi) is 5.79. The van der Waals surface area contributed by atoms with Crippen LogP contribution in [0.1, 0.15) is 0 Å². The van der Waals surface area contributed by atoms with E-state index in [9.17, 15) is 25.0 Å². The highest BCUT2D eigenvalue weighted by molar-refractivity contribution is 6.32. The standard InChI is InChI=1S/C21H13ClN6O5/c22-17-11-8-14(12-18(17)28(32)33)23-24-20-19(13-6-9-16(10-7-13)27(30)31)25-26(21(20)29)15-4-2-1-3-5-15/h1-12,25H. The number of nitrogens with zero attached hydrogens (tertiary/aromatic N) is 5. The van der Waals surface area contributed by atoms with Crippen LogP contribution in [0.25, 0.3) is 16.9 Å². The van der Waals surface area contributed by atoms with Gasteiger partial charge in [-0.3, -0.25) is 30.1 Å². The van der Waals surface area contributed by atoms with Crippen molar-refractivity contribution in [2.24, 2.45) is 10.2 Å². The Balaban J connectivity index is 1.84. The van der Waals surface area contributed by atoms with Gasteiger partial charge in [0.25, 0.3) is 16.9 Å². The highest BCUT2D eigenvalue weighted by Crippen LogP contribution is 2.32. The van der Waals surface area contributed by atoms with Crippen LogP contribution in [-0.2, 0) is 0 Å². The van der Waals surface area contributed by atoms with E-state index in [1.165, 1.54) is 41.1 Å². The first-order valence-corrected chi connectivity index (χ1v) is 9.74. The van der Waals surface area contributed by atoms with Crippen LogP contribution in [0.5, 0.6) is 0 Å². The minimum atomic E-state index is -0.650. The third kappa shape index (κ3) is 4.38. The molecule has 4 aromatic rings. The van der Waals surface area contributed by atoms with Gasteiger partial charge in [-0.15, -0.1) is 5.11 Å². The number of aromatic nitrogens is 2. The van der Waals surface area contributed by atoms with Crippen molar-refractivity contribution in [2.75, 3.05) is 0 Å². The number of hydrogen-bond donors (Lipinski definition) is 1. The molecule has 0 aliphatic carbocycles. The zero-order valence-electron chi connectivity index (χ0n) is 16.6. The first-order valence-electron chi connectivity index (χ1n) is 9.36. The summed E-state index contributed by atoms with van der Waals surface area (Å²) in [4.78, 5) is 34.0. The largest absolute Gasteiger partial charge is 0.299 e. The van der Waals surface area contributed by atoms with Crippen LogP contribution in [-0.4, -0.2) is 19.6 Å². The number of rotatable bonds is 6. The van der Waals surface area contributed by atoms with E-state index in [4.69, 9.17) is 11.6 Å². The molecule has 4 rings (SSSR count). The number of aromatic amines is 1. The van der Waals surface area contributed by atoms with E-state index in [1.807, 2.05) is 0 Å². The summed E-state index contributed by atoms with van der Waals surface area (Å²) in [6.45, 7) is 0. The van der Waals surface area contributed by atoms with Crippen molar-refractivity contribution >= 4 is 34.4 Å². The molecule has 0 fully saturated rings. The second-order valence-electron chi connectivity index (χ2n) is 6.71. The Labute approximate surface area is 189 Å². The van der Waals surface area contributed by atoms with Gasteiger partial charge in [0.05, 0.1) is 26.9 Å². The third-order valence-corrected chi connectivity index (χ3v) is 4.96.